The molecule has 0 bridgehead atoms. The molecule has 3 nitrogen and oxygen atoms in total. The second-order valence-corrected chi connectivity index (χ2v) is 3.52. The zero-order valence-electron chi connectivity index (χ0n) is 9.17. The summed E-state index contributed by atoms with van der Waals surface area (Å²) in [5, 5.41) is 2.93. The topological polar surface area (TPSA) is 28.2 Å². The Morgan fingerprint density at radius 2 is 2.12 bits per heavy atom. The Hall–Kier alpha value is -1.30. The zero-order valence-corrected chi connectivity index (χ0v) is 9.17. The largest absolute Gasteiger partial charge is 0.405 e. The summed E-state index contributed by atoms with van der Waals surface area (Å²) in [6.07, 6.45) is -2.70. The molecule has 0 unspecified atom stereocenters. The summed E-state index contributed by atoms with van der Waals surface area (Å²) < 4.78 is 36.5. The molecule has 0 aliphatic heterocycles. The maximum Gasteiger partial charge on any atom is 0.405 e. The van der Waals surface area contributed by atoms with Crippen molar-refractivity contribution in [2.24, 2.45) is 0 Å². The van der Waals surface area contributed by atoms with Gasteiger partial charge in [0.25, 0.3) is 0 Å². The van der Waals surface area contributed by atoms with E-state index >= 15 is 0 Å². The van der Waals surface area contributed by atoms with E-state index in [4.69, 9.17) is 0 Å². The van der Waals surface area contributed by atoms with Gasteiger partial charge in [0.2, 0.25) is 0 Å². The molecule has 1 N–H and O–H groups in total. The monoisotopic (exact) mass is 233 g/mol. The minimum atomic E-state index is -4.21. The van der Waals surface area contributed by atoms with Crippen molar-refractivity contribution in [1.29, 1.82) is 0 Å². The number of nitrogens with zero attached hydrogens (tertiary/aromatic N) is 2. The van der Waals surface area contributed by atoms with Crippen molar-refractivity contribution in [3.05, 3.63) is 23.9 Å². The molecule has 1 aromatic heterocycles. The highest BCUT2D eigenvalue weighted by Crippen LogP contribution is 2.19. The van der Waals surface area contributed by atoms with Crippen LogP contribution < -0.4 is 10.2 Å². The number of hydrogen-bond acceptors (Lipinski definition) is 3. The molecule has 16 heavy (non-hydrogen) atoms. The maximum absolute atomic E-state index is 12.2. The van der Waals surface area contributed by atoms with Gasteiger partial charge < -0.3 is 10.2 Å². The number of nitrogens with one attached hydrogen (secondary N) is 1. The van der Waals surface area contributed by atoms with Crippen LogP contribution in [0.3, 0.4) is 0 Å². The Morgan fingerprint density at radius 1 is 1.44 bits per heavy atom. The van der Waals surface area contributed by atoms with Crippen molar-refractivity contribution in [3.63, 3.8) is 0 Å². The zero-order chi connectivity index (χ0) is 12.2. The standard InChI is InChI=1S/C10H14F3N3/c1-14-6-8-3-4-15-9(5-8)16(2)7-10(11,12)13/h3-5,14H,6-7H2,1-2H3. The van der Waals surface area contributed by atoms with Crippen LogP contribution in [0, 0.1) is 0 Å². The van der Waals surface area contributed by atoms with Gasteiger partial charge in [0.05, 0.1) is 0 Å². The third kappa shape index (κ3) is 4.06. The number of halogens is 3. The van der Waals surface area contributed by atoms with Crippen molar-refractivity contribution < 1.29 is 13.2 Å². The number of aromatic nitrogens is 1. The molecule has 1 rings (SSSR count). The smallest absolute Gasteiger partial charge is 0.351 e. The van der Waals surface area contributed by atoms with Gasteiger partial charge in [-0.2, -0.15) is 13.2 Å². The molecular weight excluding hydrogens is 219 g/mol. The van der Waals surface area contributed by atoms with Crippen LogP contribution in [0.2, 0.25) is 0 Å². The van der Waals surface area contributed by atoms with E-state index in [2.05, 4.69) is 10.3 Å². The lowest BCUT2D eigenvalue weighted by Crippen LogP contribution is -2.31. The van der Waals surface area contributed by atoms with E-state index in [-0.39, 0.29) is 0 Å². The average Bonchev–Trinajstić information content (AvgIpc) is 2.16. The normalized spacial score (nSPS) is 11.6. The first-order chi connectivity index (χ1) is 7.42. The summed E-state index contributed by atoms with van der Waals surface area (Å²) in [5.74, 6) is 0.324. The maximum atomic E-state index is 12.2. The molecule has 6 heteroatoms. The number of hydrogen-bond donors (Lipinski definition) is 1. The first kappa shape index (κ1) is 12.8. The van der Waals surface area contributed by atoms with E-state index in [1.165, 1.54) is 13.2 Å². The quantitative estimate of drug-likeness (QED) is 0.859. The van der Waals surface area contributed by atoms with Gasteiger partial charge in [-0.25, -0.2) is 4.98 Å². The lowest BCUT2D eigenvalue weighted by atomic mass is 10.2. The Labute approximate surface area is 92.3 Å². The Bertz CT molecular complexity index is 338. The molecular formula is C10H14F3N3. The van der Waals surface area contributed by atoms with Crippen molar-refractivity contribution >= 4 is 5.82 Å². The summed E-state index contributed by atoms with van der Waals surface area (Å²) in [7, 11) is 3.15. The Balaban J connectivity index is 2.75. The van der Waals surface area contributed by atoms with Crippen LogP contribution in [0.1, 0.15) is 5.56 Å². The summed E-state index contributed by atoms with van der Waals surface area (Å²) in [4.78, 5) is 4.99. The van der Waals surface area contributed by atoms with Gasteiger partial charge in [-0.15, -0.1) is 0 Å². The predicted octanol–water partition coefficient (Wildman–Crippen LogP) is 1.80. The lowest BCUT2D eigenvalue weighted by molar-refractivity contribution is -0.119. The Kier molecular flexibility index (Phi) is 4.12. The fourth-order valence-electron chi connectivity index (χ4n) is 1.33. The molecule has 0 aliphatic carbocycles. The molecule has 1 aromatic rings. The van der Waals surface area contributed by atoms with Crippen molar-refractivity contribution in [3.8, 4) is 0 Å². The predicted molar refractivity (Wildman–Crippen MR) is 56.3 cm³/mol. The average molecular weight is 233 g/mol. The third-order valence-corrected chi connectivity index (χ3v) is 2.00. The van der Waals surface area contributed by atoms with Gasteiger partial charge in [-0.3, -0.25) is 0 Å². The second kappa shape index (κ2) is 5.16. The molecule has 0 atom stereocenters. The highest BCUT2D eigenvalue weighted by molar-refractivity contribution is 5.40. The van der Waals surface area contributed by atoms with Crippen molar-refractivity contribution in [1.82, 2.24) is 10.3 Å². The number of pyridine rings is 1. The first-order valence-electron chi connectivity index (χ1n) is 4.80. The van der Waals surface area contributed by atoms with E-state index in [1.807, 2.05) is 0 Å². The van der Waals surface area contributed by atoms with Gasteiger partial charge in [0.15, 0.2) is 0 Å². The molecule has 1 heterocycles. The van der Waals surface area contributed by atoms with Crippen molar-refractivity contribution in [2.75, 3.05) is 25.5 Å². The van der Waals surface area contributed by atoms with Crippen LogP contribution in [0.5, 0.6) is 0 Å². The van der Waals surface area contributed by atoms with Gasteiger partial charge in [-0.05, 0) is 24.7 Å². The molecule has 0 aliphatic rings. The molecule has 90 valence electrons. The van der Waals surface area contributed by atoms with Gasteiger partial charge >= 0.3 is 6.18 Å². The van der Waals surface area contributed by atoms with Crippen LogP contribution in [-0.4, -0.2) is 31.8 Å². The SMILES string of the molecule is CNCc1ccnc(N(C)CC(F)(F)F)c1. The highest BCUT2D eigenvalue weighted by atomic mass is 19.4. The first-order valence-corrected chi connectivity index (χ1v) is 4.80. The molecule has 0 spiro atoms. The summed E-state index contributed by atoms with van der Waals surface area (Å²) in [6.45, 7) is -0.390. The fourth-order valence-corrected chi connectivity index (χ4v) is 1.33. The summed E-state index contributed by atoms with van der Waals surface area (Å²) >= 11 is 0. The van der Waals surface area contributed by atoms with Gasteiger partial charge in [0.1, 0.15) is 12.4 Å². The van der Waals surface area contributed by atoms with Gasteiger partial charge in [-0.1, -0.05) is 0 Å². The molecule has 0 saturated carbocycles. The minimum absolute atomic E-state index is 0.324. The molecule has 0 amide bonds. The number of rotatable bonds is 4. The highest BCUT2D eigenvalue weighted by Gasteiger charge is 2.29. The van der Waals surface area contributed by atoms with Crippen LogP contribution in [0.25, 0.3) is 0 Å². The molecule has 0 radical (unpaired) electrons. The van der Waals surface area contributed by atoms with E-state index in [1.54, 1.807) is 19.2 Å². The molecule has 0 saturated heterocycles. The van der Waals surface area contributed by atoms with E-state index in [0.29, 0.717) is 12.4 Å². The van der Waals surface area contributed by atoms with Crippen LogP contribution in [0.4, 0.5) is 19.0 Å². The summed E-state index contributed by atoms with van der Waals surface area (Å²) in [5.41, 5.74) is 0.904. The number of anilines is 1. The second-order valence-electron chi connectivity index (χ2n) is 3.52. The van der Waals surface area contributed by atoms with Crippen LogP contribution in [0.15, 0.2) is 18.3 Å². The summed E-state index contributed by atoms with van der Waals surface area (Å²) in [6, 6.07) is 3.41. The van der Waals surface area contributed by atoms with Crippen LogP contribution >= 0.6 is 0 Å². The number of alkyl halides is 3. The van der Waals surface area contributed by atoms with Gasteiger partial charge in [0, 0.05) is 19.8 Å². The van der Waals surface area contributed by atoms with E-state index < -0.39 is 12.7 Å². The fraction of sp³-hybridized carbons (Fsp3) is 0.500. The molecule has 0 aromatic carbocycles. The third-order valence-electron chi connectivity index (χ3n) is 2.00. The van der Waals surface area contributed by atoms with E-state index in [0.717, 1.165) is 10.5 Å². The van der Waals surface area contributed by atoms with E-state index in [9.17, 15) is 13.2 Å². The minimum Gasteiger partial charge on any atom is -0.351 e. The lowest BCUT2D eigenvalue weighted by Gasteiger charge is -2.20. The molecule has 0 fully saturated rings. The van der Waals surface area contributed by atoms with Crippen molar-refractivity contribution in [2.45, 2.75) is 12.7 Å². The van der Waals surface area contributed by atoms with Crippen LogP contribution in [-0.2, 0) is 6.54 Å². The Morgan fingerprint density at radius 3 is 2.69 bits per heavy atom.